The molecule has 0 fully saturated rings. The molecule has 0 unspecified atom stereocenters. The summed E-state index contributed by atoms with van der Waals surface area (Å²) >= 11 is 6.50. The molecule has 206 valence electrons. The van der Waals surface area contributed by atoms with Crippen LogP contribution in [0.1, 0.15) is 11.3 Å². The minimum atomic E-state index is -3.01. The van der Waals surface area contributed by atoms with Gasteiger partial charge in [0.15, 0.2) is 0 Å². The molecule has 5 rings (SSSR count). The van der Waals surface area contributed by atoms with Gasteiger partial charge in [-0.15, -0.1) is 0 Å². The minimum Gasteiger partial charge on any atom is -0.487 e. The van der Waals surface area contributed by atoms with E-state index in [0.29, 0.717) is 35.4 Å². The molecule has 3 aromatic carbocycles. The van der Waals surface area contributed by atoms with Gasteiger partial charge in [-0.05, 0) is 72.3 Å². The summed E-state index contributed by atoms with van der Waals surface area (Å²) in [7, 11) is -3.01. The highest BCUT2D eigenvalue weighted by Crippen LogP contribution is 2.33. The van der Waals surface area contributed by atoms with Crippen molar-refractivity contribution in [1.82, 2.24) is 10.3 Å². The lowest BCUT2D eigenvalue weighted by Gasteiger charge is -2.13. The number of ether oxygens (including phenoxy) is 1. The second kappa shape index (κ2) is 12.1. The summed E-state index contributed by atoms with van der Waals surface area (Å²) < 4.78 is 47.5. The third-order valence-corrected chi connectivity index (χ3v) is 7.40. The van der Waals surface area contributed by atoms with Crippen molar-refractivity contribution in [2.45, 2.75) is 13.2 Å². The van der Waals surface area contributed by atoms with Gasteiger partial charge in [-0.25, -0.2) is 12.8 Å². The molecule has 0 radical (unpaired) electrons. The number of hydrogen-bond donors (Lipinski definition) is 2. The fraction of sp³-hybridized carbons (Fsp3) is 0.167. The van der Waals surface area contributed by atoms with Crippen LogP contribution < -0.4 is 15.4 Å². The topological polar surface area (TPSA) is 93.5 Å². The number of nitrogens with zero attached hydrogens (tertiary/aromatic N) is 1. The standard InChI is InChI=1S/C30H27ClFN3O4S/c1-40(36,37)15-14-33-18-24-8-11-29(39-24)21-4-9-27-25(16-21)28(12-13-34-27)35-23-7-10-30(26(31)17-23)38-19-20-2-5-22(32)6-3-20/h2-13,16-17,33H,14-15,18-19H2,1H3,(H,34,35). The Balaban J connectivity index is 1.29. The summed E-state index contributed by atoms with van der Waals surface area (Å²) in [5.41, 5.74) is 4.15. The Bertz CT molecular complexity index is 1740. The molecule has 0 aliphatic carbocycles. The van der Waals surface area contributed by atoms with Gasteiger partial charge in [0.05, 0.1) is 22.8 Å². The Labute approximate surface area is 236 Å². The van der Waals surface area contributed by atoms with Crippen LogP contribution >= 0.6 is 11.6 Å². The molecule has 0 saturated heterocycles. The third-order valence-electron chi connectivity index (χ3n) is 6.16. The Morgan fingerprint density at radius 2 is 1.82 bits per heavy atom. The zero-order valence-electron chi connectivity index (χ0n) is 21.7. The first-order valence-corrected chi connectivity index (χ1v) is 15.0. The molecule has 2 aromatic heterocycles. The van der Waals surface area contributed by atoms with E-state index in [9.17, 15) is 12.8 Å². The number of benzene rings is 3. The molecule has 7 nitrogen and oxygen atoms in total. The van der Waals surface area contributed by atoms with E-state index in [1.54, 1.807) is 30.5 Å². The van der Waals surface area contributed by atoms with Crippen LogP contribution in [-0.2, 0) is 23.0 Å². The Hall–Kier alpha value is -3.92. The summed E-state index contributed by atoms with van der Waals surface area (Å²) in [6.07, 6.45) is 2.95. The zero-order chi connectivity index (χ0) is 28.1. The van der Waals surface area contributed by atoms with Crippen molar-refractivity contribution in [3.8, 4) is 17.1 Å². The molecule has 0 spiro atoms. The van der Waals surface area contributed by atoms with Crippen LogP contribution in [0.4, 0.5) is 15.8 Å². The number of fused-ring (bicyclic) bond motifs is 1. The number of hydrogen-bond acceptors (Lipinski definition) is 7. The normalized spacial score (nSPS) is 11.6. The second-order valence-corrected chi connectivity index (χ2v) is 12.0. The van der Waals surface area contributed by atoms with E-state index in [1.165, 1.54) is 18.4 Å². The number of furan rings is 1. The Morgan fingerprint density at radius 1 is 1.00 bits per heavy atom. The third kappa shape index (κ3) is 7.18. The molecule has 5 aromatic rings. The Kier molecular flexibility index (Phi) is 8.35. The highest BCUT2D eigenvalue weighted by Gasteiger charge is 2.11. The molecular weight excluding hydrogens is 553 g/mol. The van der Waals surface area contributed by atoms with E-state index in [4.69, 9.17) is 20.8 Å². The zero-order valence-corrected chi connectivity index (χ0v) is 23.2. The van der Waals surface area contributed by atoms with Gasteiger partial charge in [0, 0.05) is 41.3 Å². The van der Waals surface area contributed by atoms with Crippen molar-refractivity contribution >= 4 is 43.7 Å². The number of aromatic nitrogens is 1. The molecule has 0 bridgehead atoms. The van der Waals surface area contributed by atoms with Crippen LogP contribution in [0.2, 0.25) is 5.02 Å². The maximum absolute atomic E-state index is 13.1. The molecule has 10 heteroatoms. The Morgan fingerprint density at radius 3 is 2.60 bits per heavy atom. The van der Waals surface area contributed by atoms with Crippen molar-refractivity contribution in [2.24, 2.45) is 0 Å². The molecule has 2 N–H and O–H groups in total. The van der Waals surface area contributed by atoms with Crippen molar-refractivity contribution in [2.75, 3.05) is 23.9 Å². The van der Waals surface area contributed by atoms with E-state index < -0.39 is 9.84 Å². The van der Waals surface area contributed by atoms with Crippen LogP contribution in [0.25, 0.3) is 22.2 Å². The molecule has 0 atom stereocenters. The summed E-state index contributed by atoms with van der Waals surface area (Å²) in [4.78, 5) is 4.48. The number of sulfone groups is 1. The predicted octanol–water partition coefficient (Wildman–Crippen LogP) is 6.74. The van der Waals surface area contributed by atoms with E-state index in [1.807, 2.05) is 42.5 Å². The van der Waals surface area contributed by atoms with Gasteiger partial charge >= 0.3 is 0 Å². The van der Waals surface area contributed by atoms with Gasteiger partial charge in [0.25, 0.3) is 0 Å². The lowest BCUT2D eigenvalue weighted by Crippen LogP contribution is -2.21. The largest absolute Gasteiger partial charge is 0.487 e. The van der Waals surface area contributed by atoms with Gasteiger partial charge in [-0.2, -0.15) is 0 Å². The van der Waals surface area contributed by atoms with Gasteiger partial charge in [0.1, 0.15) is 39.5 Å². The van der Waals surface area contributed by atoms with Crippen LogP contribution in [0.5, 0.6) is 5.75 Å². The first-order chi connectivity index (χ1) is 19.2. The fourth-order valence-electron chi connectivity index (χ4n) is 4.10. The lowest BCUT2D eigenvalue weighted by molar-refractivity contribution is 0.306. The summed E-state index contributed by atoms with van der Waals surface area (Å²) in [5, 5.41) is 7.85. The van der Waals surface area contributed by atoms with Gasteiger partial charge in [0.2, 0.25) is 0 Å². The van der Waals surface area contributed by atoms with Gasteiger partial charge < -0.3 is 19.8 Å². The van der Waals surface area contributed by atoms with E-state index in [-0.39, 0.29) is 18.2 Å². The van der Waals surface area contributed by atoms with Crippen molar-refractivity contribution in [1.29, 1.82) is 0 Å². The average molecular weight is 580 g/mol. The molecule has 40 heavy (non-hydrogen) atoms. The average Bonchev–Trinajstić information content (AvgIpc) is 3.40. The maximum Gasteiger partial charge on any atom is 0.148 e. The van der Waals surface area contributed by atoms with Crippen molar-refractivity contribution < 1.29 is 22.0 Å². The van der Waals surface area contributed by atoms with E-state index >= 15 is 0 Å². The minimum absolute atomic E-state index is 0.0744. The molecule has 0 saturated carbocycles. The molecule has 0 amide bonds. The van der Waals surface area contributed by atoms with Crippen LogP contribution in [0.3, 0.4) is 0 Å². The number of rotatable bonds is 11. The molecule has 0 aliphatic rings. The number of pyridine rings is 1. The van der Waals surface area contributed by atoms with Crippen LogP contribution in [-0.4, -0.2) is 32.0 Å². The highest BCUT2D eigenvalue weighted by molar-refractivity contribution is 7.90. The monoisotopic (exact) mass is 579 g/mol. The van der Waals surface area contributed by atoms with Crippen molar-refractivity contribution in [3.05, 3.63) is 107 Å². The molecular formula is C30H27ClFN3O4S. The van der Waals surface area contributed by atoms with Crippen LogP contribution in [0.15, 0.2) is 89.5 Å². The van der Waals surface area contributed by atoms with E-state index in [0.717, 1.165) is 33.4 Å². The summed E-state index contributed by atoms with van der Waals surface area (Å²) in [6.45, 7) is 1.06. The summed E-state index contributed by atoms with van der Waals surface area (Å²) in [5.74, 6) is 1.72. The smallest absolute Gasteiger partial charge is 0.148 e. The van der Waals surface area contributed by atoms with Gasteiger partial charge in [-0.3, -0.25) is 4.98 Å². The molecule has 2 heterocycles. The van der Waals surface area contributed by atoms with Crippen molar-refractivity contribution in [3.63, 3.8) is 0 Å². The maximum atomic E-state index is 13.1. The van der Waals surface area contributed by atoms with E-state index in [2.05, 4.69) is 15.6 Å². The predicted molar refractivity (Wildman–Crippen MR) is 156 cm³/mol. The van der Waals surface area contributed by atoms with Gasteiger partial charge in [-0.1, -0.05) is 23.7 Å². The first kappa shape index (κ1) is 27.6. The first-order valence-electron chi connectivity index (χ1n) is 12.5. The quantitative estimate of drug-likeness (QED) is 0.167. The number of anilines is 2. The molecule has 0 aliphatic heterocycles. The fourth-order valence-corrected chi connectivity index (χ4v) is 4.85. The lowest BCUT2D eigenvalue weighted by atomic mass is 10.1. The SMILES string of the molecule is CS(=O)(=O)CCNCc1ccc(-c2ccc3nccc(Nc4ccc(OCc5ccc(F)cc5)c(Cl)c4)c3c2)o1. The number of halogens is 2. The summed E-state index contributed by atoms with van der Waals surface area (Å²) in [6, 6.07) is 23.1. The number of nitrogens with one attached hydrogen (secondary N) is 2. The van der Waals surface area contributed by atoms with Crippen LogP contribution in [0, 0.1) is 5.82 Å². The highest BCUT2D eigenvalue weighted by atomic mass is 35.5. The second-order valence-electron chi connectivity index (χ2n) is 9.35.